The van der Waals surface area contributed by atoms with Crippen LogP contribution in [-0.4, -0.2) is 25.8 Å². The molecular formula is C14H17N3O2. The number of nitrogens with zero attached hydrogens (tertiary/aromatic N) is 3. The zero-order chi connectivity index (χ0) is 13.8. The molecule has 1 N–H and O–H groups in total. The maximum absolute atomic E-state index is 11.0. The van der Waals surface area contributed by atoms with Crippen LogP contribution >= 0.6 is 0 Å². The fourth-order valence-electron chi connectivity index (χ4n) is 1.90. The van der Waals surface area contributed by atoms with Crippen LogP contribution in [0.1, 0.15) is 42.3 Å². The van der Waals surface area contributed by atoms with Crippen LogP contribution in [0.4, 0.5) is 0 Å². The molecule has 2 rings (SSSR count). The van der Waals surface area contributed by atoms with Crippen LogP contribution < -0.4 is 0 Å². The minimum atomic E-state index is -1.10. The maximum Gasteiger partial charge on any atom is 0.375 e. The SMILES string of the molecule is CCCc1nc(C(=O)O)nn1-c1ccc(CC)cc1. The first-order valence-electron chi connectivity index (χ1n) is 6.44. The third-order valence-electron chi connectivity index (χ3n) is 2.93. The van der Waals surface area contributed by atoms with Crippen LogP contribution in [0.5, 0.6) is 0 Å². The summed E-state index contributed by atoms with van der Waals surface area (Å²) in [4.78, 5) is 15.0. The molecule has 100 valence electrons. The van der Waals surface area contributed by atoms with E-state index in [2.05, 4.69) is 17.0 Å². The second-order valence-corrected chi connectivity index (χ2v) is 4.34. The molecule has 0 spiro atoms. The lowest BCUT2D eigenvalue weighted by Crippen LogP contribution is -2.04. The summed E-state index contributed by atoms with van der Waals surface area (Å²) >= 11 is 0. The number of hydrogen-bond acceptors (Lipinski definition) is 3. The van der Waals surface area contributed by atoms with Gasteiger partial charge in [-0.25, -0.2) is 14.5 Å². The zero-order valence-corrected chi connectivity index (χ0v) is 11.1. The van der Waals surface area contributed by atoms with E-state index in [1.165, 1.54) is 5.56 Å². The first-order chi connectivity index (χ1) is 9.15. The van der Waals surface area contributed by atoms with Crippen LogP contribution in [0.3, 0.4) is 0 Å². The number of aryl methyl sites for hydroxylation is 2. The molecule has 0 aliphatic heterocycles. The monoisotopic (exact) mass is 259 g/mol. The second kappa shape index (κ2) is 5.65. The molecule has 5 heteroatoms. The average Bonchev–Trinajstić information content (AvgIpc) is 2.84. The molecule has 5 nitrogen and oxygen atoms in total. The van der Waals surface area contributed by atoms with Crippen molar-refractivity contribution in [2.24, 2.45) is 0 Å². The Balaban J connectivity index is 2.43. The third-order valence-corrected chi connectivity index (χ3v) is 2.93. The highest BCUT2D eigenvalue weighted by molar-refractivity contribution is 5.83. The molecule has 0 saturated carbocycles. The fraction of sp³-hybridized carbons (Fsp3) is 0.357. The predicted molar refractivity (Wildman–Crippen MR) is 71.7 cm³/mol. The summed E-state index contributed by atoms with van der Waals surface area (Å²) in [6.07, 6.45) is 2.57. The Hall–Kier alpha value is -2.17. The van der Waals surface area contributed by atoms with Gasteiger partial charge in [-0.05, 0) is 30.5 Å². The average molecular weight is 259 g/mol. The predicted octanol–water partition coefficient (Wildman–Crippen LogP) is 2.48. The molecule has 0 fully saturated rings. The highest BCUT2D eigenvalue weighted by Crippen LogP contribution is 2.13. The Bertz CT molecular complexity index is 573. The molecule has 0 aliphatic carbocycles. The summed E-state index contributed by atoms with van der Waals surface area (Å²) in [6, 6.07) is 7.93. The van der Waals surface area contributed by atoms with Crippen molar-refractivity contribution in [3.8, 4) is 5.69 Å². The Morgan fingerprint density at radius 2 is 1.95 bits per heavy atom. The van der Waals surface area contributed by atoms with Gasteiger partial charge in [0.1, 0.15) is 5.82 Å². The van der Waals surface area contributed by atoms with E-state index in [-0.39, 0.29) is 5.82 Å². The van der Waals surface area contributed by atoms with E-state index < -0.39 is 5.97 Å². The van der Waals surface area contributed by atoms with Crippen molar-refractivity contribution in [2.75, 3.05) is 0 Å². The van der Waals surface area contributed by atoms with Gasteiger partial charge in [0.05, 0.1) is 5.69 Å². The van der Waals surface area contributed by atoms with Gasteiger partial charge in [-0.3, -0.25) is 0 Å². The van der Waals surface area contributed by atoms with Crippen LogP contribution in [0.2, 0.25) is 0 Å². The van der Waals surface area contributed by atoms with Crippen molar-refractivity contribution in [2.45, 2.75) is 33.1 Å². The highest BCUT2D eigenvalue weighted by Gasteiger charge is 2.15. The smallest absolute Gasteiger partial charge is 0.375 e. The van der Waals surface area contributed by atoms with Gasteiger partial charge in [0.2, 0.25) is 0 Å². The third kappa shape index (κ3) is 2.81. The number of rotatable bonds is 5. The second-order valence-electron chi connectivity index (χ2n) is 4.34. The minimum absolute atomic E-state index is 0.150. The number of aromatic carboxylic acids is 1. The molecule has 0 radical (unpaired) electrons. The first kappa shape index (κ1) is 13.3. The van der Waals surface area contributed by atoms with E-state index >= 15 is 0 Å². The Morgan fingerprint density at radius 1 is 1.26 bits per heavy atom. The number of aromatic nitrogens is 3. The van der Waals surface area contributed by atoms with Gasteiger partial charge in [-0.1, -0.05) is 26.0 Å². The fourth-order valence-corrected chi connectivity index (χ4v) is 1.90. The van der Waals surface area contributed by atoms with E-state index in [1.807, 2.05) is 31.2 Å². The van der Waals surface area contributed by atoms with Gasteiger partial charge in [0.15, 0.2) is 0 Å². The zero-order valence-electron chi connectivity index (χ0n) is 11.1. The topological polar surface area (TPSA) is 68.0 Å². The molecule has 19 heavy (non-hydrogen) atoms. The van der Waals surface area contributed by atoms with E-state index in [0.717, 1.165) is 18.5 Å². The summed E-state index contributed by atoms with van der Waals surface area (Å²) in [5.74, 6) is -0.562. The molecule has 0 amide bonds. The molecule has 0 aliphatic rings. The van der Waals surface area contributed by atoms with Gasteiger partial charge in [0, 0.05) is 6.42 Å². The van der Waals surface area contributed by atoms with Gasteiger partial charge in [-0.2, -0.15) is 0 Å². The van der Waals surface area contributed by atoms with Crippen molar-refractivity contribution in [1.29, 1.82) is 0 Å². The number of hydrogen-bond donors (Lipinski definition) is 1. The number of carboxylic acids is 1. The van der Waals surface area contributed by atoms with Gasteiger partial charge in [0.25, 0.3) is 5.82 Å². The summed E-state index contributed by atoms with van der Waals surface area (Å²) in [5.41, 5.74) is 2.08. The minimum Gasteiger partial charge on any atom is -0.475 e. The van der Waals surface area contributed by atoms with Crippen LogP contribution in [0.15, 0.2) is 24.3 Å². The summed E-state index contributed by atoms with van der Waals surface area (Å²) in [5, 5.41) is 13.0. The molecular weight excluding hydrogens is 242 g/mol. The Morgan fingerprint density at radius 3 is 2.47 bits per heavy atom. The number of benzene rings is 1. The van der Waals surface area contributed by atoms with Crippen molar-refractivity contribution < 1.29 is 9.90 Å². The van der Waals surface area contributed by atoms with Crippen molar-refractivity contribution in [1.82, 2.24) is 14.8 Å². The summed E-state index contributed by atoms with van der Waals surface area (Å²) in [6.45, 7) is 4.12. The van der Waals surface area contributed by atoms with Crippen LogP contribution in [0, 0.1) is 0 Å². The molecule has 2 aromatic rings. The normalized spacial score (nSPS) is 10.6. The number of carboxylic acid groups (broad SMARTS) is 1. The van der Waals surface area contributed by atoms with Gasteiger partial charge >= 0.3 is 5.97 Å². The first-order valence-corrected chi connectivity index (χ1v) is 6.44. The Labute approximate surface area is 111 Å². The molecule has 0 atom stereocenters. The molecule has 1 heterocycles. The lowest BCUT2D eigenvalue weighted by molar-refractivity contribution is 0.0683. The highest BCUT2D eigenvalue weighted by atomic mass is 16.4. The molecule has 1 aromatic heterocycles. The lowest BCUT2D eigenvalue weighted by Gasteiger charge is -2.05. The van der Waals surface area contributed by atoms with Crippen LogP contribution in [-0.2, 0) is 12.8 Å². The van der Waals surface area contributed by atoms with Crippen molar-refractivity contribution >= 4 is 5.97 Å². The van der Waals surface area contributed by atoms with Crippen LogP contribution in [0.25, 0.3) is 5.69 Å². The van der Waals surface area contributed by atoms with E-state index in [0.29, 0.717) is 12.2 Å². The molecule has 0 saturated heterocycles. The standard InChI is InChI=1S/C14H17N3O2/c1-3-5-12-15-13(14(18)19)16-17(12)11-8-6-10(4-2)7-9-11/h6-9H,3-5H2,1-2H3,(H,18,19). The summed E-state index contributed by atoms with van der Waals surface area (Å²) in [7, 11) is 0. The van der Waals surface area contributed by atoms with Gasteiger partial charge in [-0.15, -0.1) is 5.10 Å². The number of carbonyl (C=O) groups is 1. The quantitative estimate of drug-likeness (QED) is 0.895. The van der Waals surface area contributed by atoms with Gasteiger partial charge < -0.3 is 5.11 Å². The van der Waals surface area contributed by atoms with E-state index in [4.69, 9.17) is 5.11 Å². The lowest BCUT2D eigenvalue weighted by atomic mass is 10.1. The van der Waals surface area contributed by atoms with Crippen molar-refractivity contribution in [3.05, 3.63) is 41.5 Å². The van der Waals surface area contributed by atoms with E-state index in [9.17, 15) is 4.79 Å². The van der Waals surface area contributed by atoms with E-state index in [1.54, 1.807) is 4.68 Å². The summed E-state index contributed by atoms with van der Waals surface area (Å²) < 4.78 is 1.62. The Kier molecular flexibility index (Phi) is 3.94. The molecule has 1 aromatic carbocycles. The van der Waals surface area contributed by atoms with Crippen molar-refractivity contribution in [3.63, 3.8) is 0 Å². The molecule has 0 bridgehead atoms. The molecule has 0 unspecified atom stereocenters. The maximum atomic E-state index is 11.0. The largest absolute Gasteiger partial charge is 0.475 e.